The van der Waals surface area contributed by atoms with E-state index in [9.17, 15) is 9.18 Å². The number of carboxylic acids is 1. The van der Waals surface area contributed by atoms with Crippen molar-refractivity contribution in [2.75, 3.05) is 5.75 Å². The number of nitrogens with zero attached hydrogens (tertiary/aromatic N) is 2. The number of halogens is 2. The van der Waals surface area contributed by atoms with Crippen LogP contribution in [0.25, 0.3) is 0 Å². The quantitative estimate of drug-likeness (QED) is 0.883. The summed E-state index contributed by atoms with van der Waals surface area (Å²) in [5.74, 6) is -0.472. The maximum absolute atomic E-state index is 13.6. The number of hydrogen-bond donors (Lipinski definition) is 1. The van der Waals surface area contributed by atoms with Gasteiger partial charge in [-0.15, -0.1) is 11.8 Å². The van der Waals surface area contributed by atoms with Gasteiger partial charge in [0.2, 0.25) is 5.89 Å². The number of aliphatic carboxylic acids is 1. The summed E-state index contributed by atoms with van der Waals surface area (Å²) in [4.78, 5) is 14.4. The van der Waals surface area contributed by atoms with Crippen LogP contribution in [0.3, 0.4) is 0 Å². The van der Waals surface area contributed by atoms with Crippen molar-refractivity contribution in [1.82, 2.24) is 10.1 Å². The van der Waals surface area contributed by atoms with E-state index in [0.717, 1.165) is 11.8 Å². The molecule has 1 aromatic carbocycles. The van der Waals surface area contributed by atoms with Crippen molar-refractivity contribution in [2.45, 2.75) is 12.2 Å². The van der Waals surface area contributed by atoms with E-state index in [1.54, 1.807) is 6.07 Å². The molecule has 5 nitrogen and oxygen atoms in total. The molecule has 8 heteroatoms. The molecule has 1 heterocycles. The van der Waals surface area contributed by atoms with E-state index in [1.165, 1.54) is 12.1 Å². The summed E-state index contributed by atoms with van der Waals surface area (Å²) in [5, 5.41) is 12.5. The summed E-state index contributed by atoms with van der Waals surface area (Å²) in [6.07, 6.45) is 0.124. The fraction of sp³-hybridized carbons (Fsp3) is 0.250. The molecular formula is C12H10ClFN2O3S. The fourth-order valence-electron chi connectivity index (χ4n) is 1.51. The minimum absolute atomic E-state index is 0.0448. The van der Waals surface area contributed by atoms with Gasteiger partial charge in [0.25, 0.3) is 0 Å². The molecule has 0 bridgehead atoms. The third-order valence-corrected chi connectivity index (χ3v) is 3.61. The largest absolute Gasteiger partial charge is 0.481 e. The highest BCUT2D eigenvalue weighted by atomic mass is 35.5. The SMILES string of the molecule is O=C(O)CSCc1nc(Cc2c(F)cccc2Cl)no1. The van der Waals surface area contributed by atoms with E-state index in [4.69, 9.17) is 21.2 Å². The average Bonchev–Trinajstić information content (AvgIpc) is 2.81. The zero-order chi connectivity index (χ0) is 14.5. The van der Waals surface area contributed by atoms with Crippen LogP contribution < -0.4 is 0 Å². The predicted octanol–water partition coefficient (Wildman–Crippen LogP) is 2.77. The van der Waals surface area contributed by atoms with E-state index in [2.05, 4.69) is 10.1 Å². The normalized spacial score (nSPS) is 10.7. The predicted molar refractivity (Wildman–Crippen MR) is 72.3 cm³/mol. The van der Waals surface area contributed by atoms with Crippen LogP contribution in [-0.2, 0) is 17.0 Å². The molecule has 1 aromatic heterocycles. The first-order valence-corrected chi connectivity index (χ1v) is 7.13. The fourth-order valence-corrected chi connectivity index (χ4v) is 2.30. The molecule has 0 fully saturated rings. The van der Waals surface area contributed by atoms with Crippen molar-refractivity contribution in [3.05, 3.63) is 46.3 Å². The number of carboxylic acid groups (broad SMARTS) is 1. The number of hydrogen-bond acceptors (Lipinski definition) is 5. The molecule has 0 radical (unpaired) electrons. The lowest BCUT2D eigenvalue weighted by molar-refractivity contribution is -0.133. The lowest BCUT2D eigenvalue weighted by Gasteiger charge is -2.01. The number of carbonyl (C=O) groups is 1. The van der Waals surface area contributed by atoms with Gasteiger partial charge in [0.05, 0.1) is 11.5 Å². The lowest BCUT2D eigenvalue weighted by atomic mass is 10.1. The molecule has 0 amide bonds. The van der Waals surface area contributed by atoms with Gasteiger partial charge in [-0.1, -0.05) is 22.8 Å². The average molecular weight is 317 g/mol. The van der Waals surface area contributed by atoms with Crippen molar-refractivity contribution in [3.8, 4) is 0 Å². The van der Waals surface area contributed by atoms with Gasteiger partial charge in [0, 0.05) is 17.0 Å². The third-order valence-electron chi connectivity index (χ3n) is 2.36. The molecule has 2 rings (SSSR count). The number of benzene rings is 1. The van der Waals surface area contributed by atoms with Gasteiger partial charge >= 0.3 is 5.97 Å². The highest BCUT2D eigenvalue weighted by Crippen LogP contribution is 2.21. The summed E-state index contributed by atoms with van der Waals surface area (Å²) in [6.45, 7) is 0. The van der Waals surface area contributed by atoms with Crippen LogP contribution in [0.15, 0.2) is 22.7 Å². The first-order valence-electron chi connectivity index (χ1n) is 5.60. The van der Waals surface area contributed by atoms with E-state index < -0.39 is 11.8 Å². The molecule has 0 saturated heterocycles. The molecule has 0 aliphatic carbocycles. The Morgan fingerprint density at radius 1 is 1.50 bits per heavy atom. The molecule has 2 aromatic rings. The molecule has 1 N–H and O–H groups in total. The summed E-state index contributed by atoms with van der Waals surface area (Å²) in [7, 11) is 0. The summed E-state index contributed by atoms with van der Waals surface area (Å²) in [6, 6.07) is 4.42. The van der Waals surface area contributed by atoms with Crippen LogP contribution in [0.5, 0.6) is 0 Å². The van der Waals surface area contributed by atoms with Gasteiger partial charge in [-0.2, -0.15) is 4.98 Å². The molecule has 0 aliphatic heterocycles. The van der Waals surface area contributed by atoms with E-state index in [0.29, 0.717) is 28.1 Å². The highest BCUT2D eigenvalue weighted by Gasteiger charge is 2.13. The first kappa shape index (κ1) is 14.8. The zero-order valence-electron chi connectivity index (χ0n) is 10.2. The zero-order valence-corrected chi connectivity index (χ0v) is 11.7. The van der Waals surface area contributed by atoms with E-state index in [1.807, 2.05) is 0 Å². The summed E-state index contributed by atoms with van der Waals surface area (Å²) in [5.41, 5.74) is 0.305. The molecule has 0 saturated carbocycles. The molecule has 0 spiro atoms. The van der Waals surface area contributed by atoms with Gasteiger partial charge in [0.15, 0.2) is 5.82 Å². The van der Waals surface area contributed by atoms with Crippen molar-refractivity contribution >= 4 is 29.3 Å². The van der Waals surface area contributed by atoms with Gasteiger partial charge in [0.1, 0.15) is 5.82 Å². The van der Waals surface area contributed by atoms with E-state index >= 15 is 0 Å². The number of aromatic nitrogens is 2. The minimum Gasteiger partial charge on any atom is -0.481 e. The van der Waals surface area contributed by atoms with Crippen LogP contribution in [0.2, 0.25) is 5.02 Å². The van der Waals surface area contributed by atoms with Crippen molar-refractivity contribution in [3.63, 3.8) is 0 Å². The van der Waals surface area contributed by atoms with Crippen LogP contribution in [0.1, 0.15) is 17.3 Å². The Kier molecular flexibility index (Phi) is 4.97. The summed E-state index contributed by atoms with van der Waals surface area (Å²) < 4.78 is 18.6. The highest BCUT2D eigenvalue weighted by molar-refractivity contribution is 7.99. The van der Waals surface area contributed by atoms with Crippen LogP contribution in [0, 0.1) is 5.82 Å². The molecule has 0 aliphatic rings. The van der Waals surface area contributed by atoms with Gasteiger partial charge in [-0.3, -0.25) is 4.79 Å². The topological polar surface area (TPSA) is 76.2 Å². The second-order valence-electron chi connectivity index (χ2n) is 3.87. The first-order chi connectivity index (χ1) is 9.56. The van der Waals surface area contributed by atoms with Crippen LogP contribution in [-0.4, -0.2) is 27.0 Å². The second-order valence-corrected chi connectivity index (χ2v) is 5.26. The van der Waals surface area contributed by atoms with Crippen LogP contribution in [0.4, 0.5) is 4.39 Å². The van der Waals surface area contributed by atoms with Crippen LogP contribution >= 0.6 is 23.4 Å². The van der Waals surface area contributed by atoms with E-state index in [-0.39, 0.29) is 12.2 Å². The van der Waals surface area contributed by atoms with Crippen molar-refractivity contribution in [2.24, 2.45) is 0 Å². The smallest absolute Gasteiger partial charge is 0.313 e. The Hall–Kier alpha value is -1.60. The van der Waals surface area contributed by atoms with Crippen molar-refractivity contribution < 1.29 is 18.8 Å². The molecule has 20 heavy (non-hydrogen) atoms. The molecule has 106 valence electrons. The second kappa shape index (κ2) is 6.71. The monoisotopic (exact) mass is 316 g/mol. The minimum atomic E-state index is -0.909. The Morgan fingerprint density at radius 3 is 3.00 bits per heavy atom. The number of thioether (sulfide) groups is 1. The third kappa shape index (κ3) is 3.94. The maximum Gasteiger partial charge on any atom is 0.313 e. The molecular weight excluding hydrogens is 307 g/mol. The van der Waals surface area contributed by atoms with Gasteiger partial charge in [-0.05, 0) is 12.1 Å². The standard InChI is InChI=1S/C12H10ClFN2O3S/c13-8-2-1-3-9(14)7(8)4-10-15-11(19-16-10)5-20-6-12(17)18/h1-3H,4-6H2,(H,17,18). The molecule has 0 unspecified atom stereocenters. The van der Waals surface area contributed by atoms with Crippen molar-refractivity contribution in [1.29, 1.82) is 0 Å². The van der Waals surface area contributed by atoms with Gasteiger partial charge in [-0.25, -0.2) is 4.39 Å². The Morgan fingerprint density at radius 2 is 2.30 bits per heavy atom. The Bertz CT molecular complexity index is 600. The maximum atomic E-state index is 13.6. The lowest BCUT2D eigenvalue weighted by Crippen LogP contribution is -1.98. The Labute approximate surface area is 123 Å². The summed E-state index contributed by atoms with van der Waals surface area (Å²) >= 11 is 7.05. The van der Waals surface area contributed by atoms with Gasteiger partial charge < -0.3 is 9.63 Å². The molecule has 0 atom stereocenters. The Balaban J connectivity index is 2.01. The number of rotatable bonds is 6.